The number of benzene rings is 2. The molecule has 5 heteroatoms. The van der Waals surface area contributed by atoms with Gasteiger partial charge in [0.05, 0.1) is 4.47 Å². The minimum Gasteiger partial charge on any atom is -0.289 e. The SMILES string of the molecule is CC(=O)OOc1cccc(C(=O)c2ccc(C)cc2)c1Br. The van der Waals surface area contributed by atoms with E-state index in [1.165, 1.54) is 6.92 Å². The van der Waals surface area contributed by atoms with E-state index < -0.39 is 5.97 Å². The van der Waals surface area contributed by atoms with E-state index in [1.54, 1.807) is 30.3 Å². The Hall–Kier alpha value is -2.14. The van der Waals surface area contributed by atoms with Gasteiger partial charge in [0.1, 0.15) is 0 Å². The van der Waals surface area contributed by atoms with Gasteiger partial charge in [-0.05, 0) is 35.0 Å². The Morgan fingerprint density at radius 1 is 1.05 bits per heavy atom. The van der Waals surface area contributed by atoms with E-state index in [4.69, 9.17) is 4.89 Å². The van der Waals surface area contributed by atoms with Crippen molar-refractivity contribution in [1.82, 2.24) is 0 Å². The van der Waals surface area contributed by atoms with Crippen LogP contribution in [0.2, 0.25) is 0 Å². The number of carbonyl (C=O) groups is 2. The molecule has 0 aliphatic rings. The minimum absolute atomic E-state index is 0.143. The second kappa shape index (κ2) is 6.54. The van der Waals surface area contributed by atoms with Crippen molar-refractivity contribution in [2.75, 3.05) is 0 Å². The average Bonchev–Trinajstić information content (AvgIpc) is 2.46. The number of ketones is 1. The van der Waals surface area contributed by atoms with Gasteiger partial charge >= 0.3 is 5.97 Å². The molecule has 2 aromatic carbocycles. The molecule has 2 rings (SSSR count). The van der Waals surface area contributed by atoms with Crippen molar-refractivity contribution in [1.29, 1.82) is 0 Å². The highest BCUT2D eigenvalue weighted by Crippen LogP contribution is 2.30. The zero-order chi connectivity index (χ0) is 15.4. The van der Waals surface area contributed by atoms with Crippen molar-refractivity contribution in [3.05, 3.63) is 63.6 Å². The Labute approximate surface area is 130 Å². The average molecular weight is 349 g/mol. The van der Waals surface area contributed by atoms with Gasteiger partial charge in [0, 0.05) is 18.1 Å². The molecular weight excluding hydrogens is 336 g/mol. The molecule has 4 nitrogen and oxygen atoms in total. The van der Waals surface area contributed by atoms with Crippen LogP contribution in [0.15, 0.2) is 46.9 Å². The van der Waals surface area contributed by atoms with E-state index in [0.29, 0.717) is 15.6 Å². The molecule has 0 aromatic heterocycles. The molecule has 0 N–H and O–H groups in total. The van der Waals surface area contributed by atoms with Crippen molar-refractivity contribution in [3.8, 4) is 5.75 Å². The van der Waals surface area contributed by atoms with E-state index in [9.17, 15) is 9.59 Å². The summed E-state index contributed by atoms with van der Waals surface area (Å²) in [5, 5.41) is 0. The molecule has 108 valence electrons. The Kier molecular flexibility index (Phi) is 4.75. The lowest BCUT2D eigenvalue weighted by atomic mass is 10.0. The van der Waals surface area contributed by atoms with Crippen LogP contribution in [0.1, 0.15) is 28.4 Å². The van der Waals surface area contributed by atoms with Crippen LogP contribution in [0.25, 0.3) is 0 Å². The van der Waals surface area contributed by atoms with Crippen molar-refractivity contribution < 1.29 is 19.4 Å². The van der Waals surface area contributed by atoms with Gasteiger partial charge in [-0.3, -0.25) is 14.6 Å². The first-order valence-corrected chi connectivity index (χ1v) is 7.03. The quantitative estimate of drug-likeness (QED) is 0.478. The summed E-state index contributed by atoms with van der Waals surface area (Å²) in [5.74, 6) is -0.449. The van der Waals surface area contributed by atoms with Crippen LogP contribution < -0.4 is 4.89 Å². The van der Waals surface area contributed by atoms with Crippen LogP contribution in [0, 0.1) is 6.92 Å². The normalized spacial score (nSPS) is 10.0. The zero-order valence-electron chi connectivity index (χ0n) is 11.6. The molecule has 0 spiro atoms. The van der Waals surface area contributed by atoms with Gasteiger partial charge in [-0.2, -0.15) is 0 Å². The number of aryl methyl sites for hydroxylation is 1. The topological polar surface area (TPSA) is 52.6 Å². The van der Waals surface area contributed by atoms with E-state index in [0.717, 1.165) is 5.56 Å². The Balaban J connectivity index is 2.31. The van der Waals surface area contributed by atoms with Gasteiger partial charge in [-0.1, -0.05) is 35.9 Å². The summed E-state index contributed by atoms with van der Waals surface area (Å²) in [5.41, 5.74) is 2.09. The maximum absolute atomic E-state index is 12.5. The first-order chi connectivity index (χ1) is 9.99. The molecule has 0 bridgehead atoms. The summed E-state index contributed by atoms with van der Waals surface area (Å²) in [6, 6.07) is 12.2. The van der Waals surface area contributed by atoms with E-state index in [-0.39, 0.29) is 11.5 Å². The predicted molar refractivity (Wildman–Crippen MR) is 81.1 cm³/mol. The molecule has 0 aliphatic heterocycles. The lowest BCUT2D eigenvalue weighted by Crippen LogP contribution is -2.06. The number of hydrogen-bond acceptors (Lipinski definition) is 4. The highest BCUT2D eigenvalue weighted by molar-refractivity contribution is 9.10. The van der Waals surface area contributed by atoms with Crippen LogP contribution in [-0.4, -0.2) is 11.8 Å². The van der Waals surface area contributed by atoms with E-state index >= 15 is 0 Å². The fourth-order valence-corrected chi connectivity index (χ4v) is 2.22. The molecular formula is C16H13BrO4. The first kappa shape index (κ1) is 15.3. The third-order valence-electron chi connectivity index (χ3n) is 2.77. The van der Waals surface area contributed by atoms with Gasteiger partial charge in [-0.25, -0.2) is 4.79 Å². The maximum atomic E-state index is 12.5. The van der Waals surface area contributed by atoms with Crippen LogP contribution in [0.3, 0.4) is 0 Å². The van der Waals surface area contributed by atoms with Crippen LogP contribution in [0.5, 0.6) is 5.75 Å². The van der Waals surface area contributed by atoms with Crippen LogP contribution in [-0.2, 0) is 9.68 Å². The van der Waals surface area contributed by atoms with Crippen molar-refractivity contribution in [3.63, 3.8) is 0 Å². The summed E-state index contributed by atoms with van der Waals surface area (Å²) in [6.45, 7) is 3.19. The van der Waals surface area contributed by atoms with Crippen LogP contribution >= 0.6 is 15.9 Å². The number of halogens is 1. The molecule has 0 atom stereocenters. The third kappa shape index (κ3) is 3.70. The fraction of sp³-hybridized carbons (Fsp3) is 0.125. The molecule has 0 aliphatic carbocycles. The first-order valence-electron chi connectivity index (χ1n) is 6.24. The van der Waals surface area contributed by atoms with Gasteiger partial charge in [0.25, 0.3) is 0 Å². The molecule has 0 amide bonds. The summed E-state index contributed by atoms with van der Waals surface area (Å²) in [6.07, 6.45) is 0. The molecule has 2 aromatic rings. The number of carbonyl (C=O) groups excluding carboxylic acids is 2. The zero-order valence-corrected chi connectivity index (χ0v) is 13.1. The fourth-order valence-electron chi connectivity index (χ4n) is 1.71. The predicted octanol–water partition coefficient (Wildman–Crippen LogP) is 3.85. The maximum Gasteiger partial charge on any atom is 0.352 e. The monoisotopic (exact) mass is 348 g/mol. The van der Waals surface area contributed by atoms with E-state index in [1.807, 2.05) is 19.1 Å². The van der Waals surface area contributed by atoms with Crippen LogP contribution in [0.4, 0.5) is 0 Å². The summed E-state index contributed by atoms with van der Waals surface area (Å²) >= 11 is 3.31. The largest absolute Gasteiger partial charge is 0.352 e. The van der Waals surface area contributed by atoms with Gasteiger partial charge in [0.2, 0.25) is 0 Å². The number of rotatable bonds is 4. The van der Waals surface area contributed by atoms with Gasteiger partial charge in [-0.15, -0.1) is 0 Å². The van der Waals surface area contributed by atoms with E-state index in [2.05, 4.69) is 20.8 Å². The smallest absolute Gasteiger partial charge is 0.289 e. The summed E-state index contributed by atoms with van der Waals surface area (Å²) in [7, 11) is 0. The number of hydrogen-bond donors (Lipinski definition) is 0. The van der Waals surface area contributed by atoms with Gasteiger partial charge < -0.3 is 0 Å². The second-order valence-electron chi connectivity index (χ2n) is 4.47. The lowest BCUT2D eigenvalue weighted by molar-refractivity contribution is -0.211. The molecule has 0 radical (unpaired) electrons. The van der Waals surface area contributed by atoms with Crippen molar-refractivity contribution >= 4 is 27.7 Å². The van der Waals surface area contributed by atoms with Crippen molar-refractivity contribution in [2.45, 2.75) is 13.8 Å². The highest BCUT2D eigenvalue weighted by atomic mass is 79.9. The minimum atomic E-state index is -0.572. The molecule has 0 unspecified atom stereocenters. The molecule has 0 saturated heterocycles. The highest BCUT2D eigenvalue weighted by Gasteiger charge is 2.16. The Bertz CT molecular complexity index is 677. The lowest BCUT2D eigenvalue weighted by Gasteiger charge is -2.09. The second-order valence-corrected chi connectivity index (χ2v) is 5.26. The van der Waals surface area contributed by atoms with Crippen molar-refractivity contribution in [2.24, 2.45) is 0 Å². The Morgan fingerprint density at radius 3 is 2.33 bits per heavy atom. The molecule has 21 heavy (non-hydrogen) atoms. The molecule has 0 saturated carbocycles. The standard InChI is InChI=1S/C16H13BrO4/c1-10-6-8-12(9-7-10)16(19)13-4-3-5-14(15(13)17)21-20-11(2)18/h3-9H,1-2H3. The summed E-state index contributed by atoms with van der Waals surface area (Å²) in [4.78, 5) is 32.6. The Morgan fingerprint density at radius 2 is 1.71 bits per heavy atom. The third-order valence-corrected chi connectivity index (χ3v) is 3.59. The van der Waals surface area contributed by atoms with Gasteiger partial charge in [0.15, 0.2) is 11.5 Å². The molecule has 0 heterocycles. The molecule has 0 fully saturated rings. The summed E-state index contributed by atoms with van der Waals surface area (Å²) < 4.78 is 0.442.